The molecule has 0 aromatic rings. The van der Waals surface area contributed by atoms with Crippen molar-refractivity contribution in [1.82, 2.24) is 5.32 Å². The predicted octanol–water partition coefficient (Wildman–Crippen LogP) is 1.84. The lowest BCUT2D eigenvalue weighted by molar-refractivity contribution is 0.633. The molecule has 1 heterocycles. The highest BCUT2D eigenvalue weighted by Crippen LogP contribution is 2.24. The van der Waals surface area contributed by atoms with E-state index in [9.17, 15) is 0 Å². The normalized spacial score (nSPS) is 23.9. The maximum absolute atomic E-state index is 4.36. The van der Waals surface area contributed by atoms with E-state index in [1.807, 2.05) is 6.92 Å². The van der Waals surface area contributed by atoms with E-state index in [4.69, 9.17) is 0 Å². The molecule has 0 aromatic carbocycles. The van der Waals surface area contributed by atoms with Crippen LogP contribution in [-0.2, 0) is 0 Å². The van der Waals surface area contributed by atoms with E-state index in [2.05, 4.69) is 10.3 Å². The van der Waals surface area contributed by atoms with Gasteiger partial charge in [0, 0.05) is 5.70 Å². The van der Waals surface area contributed by atoms with Crippen LogP contribution in [0.25, 0.3) is 0 Å². The number of rotatable bonds is 0. The van der Waals surface area contributed by atoms with Gasteiger partial charge in [-0.05, 0) is 38.2 Å². The lowest BCUT2D eigenvalue weighted by Crippen LogP contribution is -2.27. The van der Waals surface area contributed by atoms with Crippen LogP contribution in [0.5, 0.6) is 0 Å². The number of allylic oxidation sites excluding steroid dienone is 1. The number of aliphatic imine (C=N–C) groups is 1. The van der Waals surface area contributed by atoms with Gasteiger partial charge in [-0.2, -0.15) is 0 Å². The Balaban J connectivity index is 2.16. The molecule has 0 fully saturated rings. The van der Waals surface area contributed by atoms with Crippen molar-refractivity contribution in [2.45, 2.75) is 32.6 Å². The van der Waals surface area contributed by atoms with Crippen molar-refractivity contribution in [3.05, 3.63) is 11.3 Å². The van der Waals surface area contributed by atoms with Crippen LogP contribution in [0.2, 0.25) is 0 Å². The van der Waals surface area contributed by atoms with Gasteiger partial charge in [-0.25, -0.2) is 0 Å². The first kappa shape index (κ1) is 6.89. The standard InChI is InChI=1S/C9H14N2/c1-7-10-6-8-4-2-3-5-9(8)11-7/h2-6H2,1H3,(H,10,11). The van der Waals surface area contributed by atoms with Gasteiger partial charge in [0.2, 0.25) is 0 Å². The first-order valence-electron chi connectivity index (χ1n) is 4.35. The summed E-state index contributed by atoms with van der Waals surface area (Å²) >= 11 is 0. The van der Waals surface area contributed by atoms with Crippen molar-refractivity contribution >= 4 is 5.84 Å². The molecule has 0 saturated heterocycles. The molecule has 2 nitrogen and oxygen atoms in total. The van der Waals surface area contributed by atoms with E-state index in [0.717, 1.165) is 12.4 Å². The van der Waals surface area contributed by atoms with E-state index in [1.54, 1.807) is 5.57 Å². The summed E-state index contributed by atoms with van der Waals surface area (Å²) in [7, 11) is 0. The third-order valence-corrected chi connectivity index (χ3v) is 2.42. The molecule has 2 heteroatoms. The van der Waals surface area contributed by atoms with Gasteiger partial charge in [0.1, 0.15) is 0 Å². The highest BCUT2D eigenvalue weighted by molar-refractivity contribution is 5.82. The number of nitrogens with zero attached hydrogens (tertiary/aromatic N) is 1. The molecular weight excluding hydrogens is 136 g/mol. The van der Waals surface area contributed by atoms with Gasteiger partial charge in [0.25, 0.3) is 0 Å². The molecule has 2 aliphatic rings. The summed E-state index contributed by atoms with van der Waals surface area (Å²) in [6.07, 6.45) is 5.20. The van der Waals surface area contributed by atoms with Gasteiger partial charge < -0.3 is 5.32 Å². The van der Waals surface area contributed by atoms with Crippen LogP contribution in [0.4, 0.5) is 0 Å². The van der Waals surface area contributed by atoms with Gasteiger partial charge in [-0.1, -0.05) is 0 Å². The Labute approximate surface area is 67.4 Å². The molecule has 11 heavy (non-hydrogen) atoms. The average molecular weight is 150 g/mol. The number of nitrogens with one attached hydrogen (secondary N) is 1. The Morgan fingerprint density at radius 1 is 1.27 bits per heavy atom. The maximum atomic E-state index is 4.36. The van der Waals surface area contributed by atoms with Crippen LogP contribution in [-0.4, -0.2) is 12.4 Å². The van der Waals surface area contributed by atoms with Gasteiger partial charge in [-0.3, -0.25) is 4.99 Å². The zero-order chi connectivity index (χ0) is 7.68. The highest BCUT2D eigenvalue weighted by Gasteiger charge is 2.15. The number of amidine groups is 1. The molecule has 60 valence electrons. The largest absolute Gasteiger partial charge is 0.348 e. The van der Waals surface area contributed by atoms with Crippen molar-refractivity contribution < 1.29 is 0 Å². The Hall–Kier alpha value is -0.790. The van der Waals surface area contributed by atoms with Gasteiger partial charge in [0.15, 0.2) is 0 Å². The van der Waals surface area contributed by atoms with Crippen molar-refractivity contribution in [1.29, 1.82) is 0 Å². The van der Waals surface area contributed by atoms with Crippen molar-refractivity contribution in [2.24, 2.45) is 4.99 Å². The van der Waals surface area contributed by atoms with Crippen molar-refractivity contribution in [2.75, 3.05) is 6.54 Å². The van der Waals surface area contributed by atoms with E-state index in [-0.39, 0.29) is 0 Å². The molecule has 0 radical (unpaired) electrons. The van der Waals surface area contributed by atoms with Crippen molar-refractivity contribution in [3.8, 4) is 0 Å². The summed E-state index contributed by atoms with van der Waals surface area (Å²) in [4.78, 5) is 4.36. The fourth-order valence-corrected chi connectivity index (χ4v) is 1.77. The molecule has 0 aromatic heterocycles. The lowest BCUT2D eigenvalue weighted by Gasteiger charge is -2.24. The van der Waals surface area contributed by atoms with Crippen LogP contribution in [0, 0.1) is 0 Å². The van der Waals surface area contributed by atoms with Crippen LogP contribution >= 0.6 is 0 Å². The topological polar surface area (TPSA) is 24.4 Å². The second-order valence-electron chi connectivity index (χ2n) is 3.32. The summed E-state index contributed by atoms with van der Waals surface area (Å²) in [6.45, 7) is 2.99. The zero-order valence-corrected chi connectivity index (χ0v) is 6.98. The fraction of sp³-hybridized carbons (Fsp3) is 0.667. The third-order valence-electron chi connectivity index (χ3n) is 2.42. The zero-order valence-electron chi connectivity index (χ0n) is 6.98. The monoisotopic (exact) mass is 150 g/mol. The molecule has 2 rings (SSSR count). The van der Waals surface area contributed by atoms with Crippen LogP contribution in [0.3, 0.4) is 0 Å². The molecule has 0 unspecified atom stereocenters. The minimum atomic E-state index is 0.953. The van der Waals surface area contributed by atoms with E-state index >= 15 is 0 Å². The summed E-state index contributed by atoms with van der Waals surface area (Å²) in [5, 5.41) is 3.35. The number of hydrogen-bond donors (Lipinski definition) is 1. The molecule has 0 spiro atoms. The predicted molar refractivity (Wildman–Crippen MR) is 46.6 cm³/mol. The van der Waals surface area contributed by atoms with Crippen LogP contribution in [0.1, 0.15) is 32.6 Å². The van der Waals surface area contributed by atoms with E-state index < -0.39 is 0 Å². The summed E-state index contributed by atoms with van der Waals surface area (Å²) in [5.41, 5.74) is 3.01. The van der Waals surface area contributed by atoms with Crippen LogP contribution < -0.4 is 5.32 Å². The second-order valence-corrected chi connectivity index (χ2v) is 3.32. The molecule has 0 atom stereocenters. The van der Waals surface area contributed by atoms with Gasteiger partial charge >= 0.3 is 0 Å². The minimum absolute atomic E-state index is 0.953. The molecule has 1 aliphatic heterocycles. The Morgan fingerprint density at radius 2 is 2.09 bits per heavy atom. The average Bonchev–Trinajstić information content (AvgIpc) is 2.04. The fourth-order valence-electron chi connectivity index (χ4n) is 1.77. The highest BCUT2D eigenvalue weighted by atomic mass is 15.0. The second kappa shape index (κ2) is 2.68. The maximum Gasteiger partial charge on any atom is 0.0977 e. The van der Waals surface area contributed by atoms with Crippen LogP contribution in [0.15, 0.2) is 16.3 Å². The molecule has 1 N–H and O–H groups in total. The Bertz CT molecular complexity index is 226. The summed E-state index contributed by atoms with van der Waals surface area (Å²) < 4.78 is 0. The quantitative estimate of drug-likeness (QED) is 0.559. The number of hydrogen-bond acceptors (Lipinski definition) is 2. The minimum Gasteiger partial charge on any atom is -0.348 e. The Morgan fingerprint density at radius 3 is 3.00 bits per heavy atom. The lowest BCUT2D eigenvalue weighted by atomic mass is 9.95. The first-order chi connectivity index (χ1) is 5.36. The molecule has 0 saturated carbocycles. The van der Waals surface area contributed by atoms with Gasteiger partial charge in [-0.15, -0.1) is 0 Å². The molecular formula is C9H14N2. The van der Waals surface area contributed by atoms with Crippen molar-refractivity contribution in [3.63, 3.8) is 0 Å². The molecule has 0 bridgehead atoms. The summed E-state index contributed by atoms with van der Waals surface area (Å²) in [6, 6.07) is 0. The Kier molecular flexibility index (Phi) is 1.68. The van der Waals surface area contributed by atoms with Gasteiger partial charge in [0.05, 0.1) is 12.4 Å². The first-order valence-corrected chi connectivity index (χ1v) is 4.35. The van der Waals surface area contributed by atoms with E-state index in [1.165, 1.54) is 31.4 Å². The summed E-state index contributed by atoms with van der Waals surface area (Å²) in [5.74, 6) is 1.09. The third kappa shape index (κ3) is 1.30. The SMILES string of the molecule is CC1=NCC2=C(CCCC2)N1. The van der Waals surface area contributed by atoms with E-state index in [0.29, 0.717) is 0 Å². The molecule has 1 aliphatic carbocycles. The smallest absolute Gasteiger partial charge is 0.0977 e. The molecule has 0 amide bonds.